The minimum Gasteiger partial charge on any atom is -0.462 e. The van der Waals surface area contributed by atoms with Crippen LogP contribution in [0.3, 0.4) is 0 Å². The van der Waals surface area contributed by atoms with Gasteiger partial charge >= 0.3 is 17.9 Å². The molecule has 6 nitrogen and oxygen atoms in total. The van der Waals surface area contributed by atoms with Crippen LogP contribution in [-0.2, 0) is 28.6 Å². The highest BCUT2D eigenvalue weighted by Crippen LogP contribution is 2.16. The average molecular weight is 942 g/mol. The summed E-state index contributed by atoms with van der Waals surface area (Å²) in [4.78, 5) is 38.0. The van der Waals surface area contributed by atoms with Crippen molar-refractivity contribution in [1.29, 1.82) is 0 Å². The van der Waals surface area contributed by atoms with Gasteiger partial charge in [-0.15, -0.1) is 0 Å². The molecule has 0 aliphatic rings. The average Bonchev–Trinajstić information content (AvgIpc) is 3.33. The highest BCUT2D eigenvalue weighted by Gasteiger charge is 2.19. The summed E-state index contributed by atoms with van der Waals surface area (Å²) in [6.07, 6.45) is 67.3. The Bertz CT molecular complexity index is 1130. The standard InChI is InChI=1S/C61H112O6/c1-4-7-10-13-16-19-22-24-25-26-27-28-29-30-31-32-33-34-35-36-37-38-40-42-45-48-51-54-60(63)66-57-58(56-65-59(62)53-50-47-44-41-21-18-15-12-9-6-3)67-61(64)55-52-49-46-43-39-23-20-17-14-11-8-5-2/h17,20,22,24,26-27,58H,4-16,18-19,21,23,25,28-57H2,1-3H3/b20-17-,24-22-,27-26-. The van der Waals surface area contributed by atoms with Gasteiger partial charge in [-0.2, -0.15) is 0 Å². The van der Waals surface area contributed by atoms with Gasteiger partial charge in [0.25, 0.3) is 0 Å². The maximum atomic E-state index is 12.8. The minimum absolute atomic E-state index is 0.0716. The molecule has 392 valence electrons. The Morgan fingerprint density at radius 3 is 0.866 bits per heavy atom. The Morgan fingerprint density at radius 1 is 0.299 bits per heavy atom. The number of allylic oxidation sites excluding steroid dienone is 6. The molecule has 0 saturated heterocycles. The summed E-state index contributed by atoms with van der Waals surface area (Å²) in [5.41, 5.74) is 0. The van der Waals surface area contributed by atoms with Gasteiger partial charge in [0, 0.05) is 19.3 Å². The lowest BCUT2D eigenvalue weighted by atomic mass is 10.0. The summed E-state index contributed by atoms with van der Waals surface area (Å²) in [6.45, 7) is 6.62. The largest absolute Gasteiger partial charge is 0.462 e. The van der Waals surface area contributed by atoms with E-state index in [4.69, 9.17) is 14.2 Å². The Kier molecular flexibility index (Phi) is 54.2. The summed E-state index contributed by atoms with van der Waals surface area (Å²) in [6, 6.07) is 0. The van der Waals surface area contributed by atoms with E-state index in [9.17, 15) is 14.4 Å². The maximum Gasteiger partial charge on any atom is 0.306 e. The fourth-order valence-corrected chi connectivity index (χ4v) is 8.65. The summed E-state index contributed by atoms with van der Waals surface area (Å²) in [5, 5.41) is 0. The van der Waals surface area contributed by atoms with Crippen molar-refractivity contribution in [1.82, 2.24) is 0 Å². The molecule has 1 atom stereocenters. The molecule has 0 aliphatic heterocycles. The number of ether oxygens (including phenoxy) is 3. The molecular weight excluding hydrogens is 829 g/mol. The van der Waals surface area contributed by atoms with Gasteiger partial charge in [-0.25, -0.2) is 0 Å². The normalized spacial score (nSPS) is 12.2. The van der Waals surface area contributed by atoms with Crippen molar-refractivity contribution in [3.8, 4) is 0 Å². The van der Waals surface area contributed by atoms with E-state index in [0.29, 0.717) is 19.3 Å². The van der Waals surface area contributed by atoms with Gasteiger partial charge in [0.15, 0.2) is 6.10 Å². The first-order chi connectivity index (χ1) is 33.0. The number of carbonyl (C=O) groups is 3. The first-order valence-electron chi connectivity index (χ1n) is 29.5. The second kappa shape index (κ2) is 56.2. The molecule has 0 fully saturated rings. The fourth-order valence-electron chi connectivity index (χ4n) is 8.65. The van der Waals surface area contributed by atoms with Crippen molar-refractivity contribution in [2.45, 2.75) is 322 Å². The molecule has 0 aromatic rings. The van der Waals surface area contributed by atoms with E-state index >= 15 is 0 Å². The van der Waals surface area contributed by atoms with E-state index in [1.165, 1.54) is 205 Å². The molecule has 0 aromatic carbocycles. The number of rotatable bonds is 54. The van der Waals surface area contributed by atoms with Crippen LogP contribution in [0.4, 0.5) is 0 Å². The molecule has 0 spiro atoms. The molecule has 0 rings (SSSR count). The summed E-state index contributed by atoms with van der Waals surface area (Å²) < 4.78 is 16.8. The summed E-state index contributed by atoms with van der Waals surface area (Å²) in [7, 11) is 0. The van der Waals surface area contributed by atoms with Gasteiger partial charge in [0.05, 0.1) is 0 Å². The predicted octanol–water partition coefficient (Wildman–Crippen LogP) is 19.7. The number of hydrogen-bond donors (Lipinski definition) is 0. The van der Waals surface area contributed by atoms with E-state index in [-0.39, 0.29) is 31.1 Å². The molecule has 67 heavy (non-hydrogen) atoms. The zero-order valence-corrected chi connectivity index (χ0v) is 44.9. The summed E-state index contributed by atoms with van der Waals surface area (Å²) in [5.74, 6) is -0.868. The third kappa shape index (κ3) is 54.4. The van der Waals surface area contributed by atoms with Gasteiger partial charge in [-0.1, -0.05) is 256 Å². The Balaban J connectivity index is 4.12. The zero-order chi connectivity index (χ0) is 48.6. The summed E-state index contributed by atoms with van der Waals surface area (Å²) >= 11 is 0. The van der Waals surface area contributed by atoms with Crippen LogP contribution in [0.5, 0.6) is 0 Å². The maximum absolute atomic E-state index is 12.8. The predicted molar refractivity (Wildman–Crippen MR) is 289 cm³/mol. The lowest BCUT2D eigenvalue weighted by Crippen LogP contribution is -2.30. The van der Waals surface area contributed by atoms with Crippen LogP contribution in [0.2, 0.25) is 0 Å². The lowest BCUT2D eigenvalue weighted by Gasteiger charge is -2.18. The number of esters is 3. The van der Waals surface area contributed by atoms with Crippen molar-refractivity contribution in [2.75, 3.05) is 13.2 Å². The van der Waals surface area contributed by atoms with E-state index in [0.717, 1.165) is 70.6 Å². The van der Waals surface area contributed by atoms with Crippen LogP contribution < -0.4 is 0 Å². The first kappa shape index (κ1) is 64.6. The third-order valence-corrected chi connectivity index (χ3v) is 13.1. The van der Waals surface area contributed by atoms with Crippen molar-refractivity contribution in [2.24, 2.45) is 0 Å². The van der Waals surface area contributed by atoms with Crippen LogP contribution in [0.15, 0.2) is 36.5 Å². The third-order valence-electron chi connectivity index (χ3n) is 13.1. The molecule has 0 saturated carbocycles. The second-order valence-electron chi connectivity index (χ2n) is 19.9. The zero-order valence-electron chi connectivity index (χ0n) is 44.9. The van der Waals surface area contributed by atoms with Gasteiger partial charge in [0.2, 0.25) is 0 Å². The smallest absolute Gasteiger partial charge is 0.306 e. The molecule has 0 aliphatic carbocycles. The molecular formula is C61H112O6. The van der Waals surface area contributed by atoms with Gasteiger partial charge in [-0.05, 0) is 77.0 Å². The Labute approximate surface area is 416 Å². The molecule has 1 unspecified atom stereocenters. The Morgan fingerprint density at radius 2 is 0.537 bits per heavy atom. The monoisotopic (exact) mass is 941 g/mol. The van der Waals surface area contributed by atoms with Crippen molar-refractivity contribution in [3.63, 3.8) is 0 Å². The second-order valence-corrected chi connectivity index (χ2v) is 19.9. The van der Waals surface area contributed by atoms with Crippen LogP contribution in [0.1, 0.15) is 316 Å². The van der Waals surface area contributed by atoms with Gasteiger partial charge in [0.1, 0.15) is 13.2 Å². The van der Waals surface area contributed by atoms with Crippen LogP contribution in [0, 0.1) is 0 Å². The SMILES string of the molecule is CCCCC/C=C\CCCCCCCC(=O)OC(COC(=O)CCCCCCCCCCCC)COC(=O)CCCCCCCCCCCCCCCCC/C=C\C/C=C\CCCCCCC. The molecule has 0 bridgehead atoms. The van der Waals surface area contributed by atoms with E-state index in [1.54, 1.807) is 0 Å². The quantitative estimate of drug-likeness (QED) is 0.0262. The van der Waals surface area contributed by atoms with E-state index in [2.05, 4.69) is 57.2 Å². The van der Waals surface area contributed by atoms with E-state index in [1.807, 2.05) is 0 Å². The van der Waals surface area contributed by atoms with Crippen LogP contribution in [0.25, 0.3) is 0 Å². The van der Waals surface area contributed by atoms with Gasteiger partial charge < -0.3 is 14.2 Å². The van der Waals surface area contributed by atoms with Gasteiger partial charge in [-0.3, -0.25) is 14.4 Å². The fraction of sp³-hybridized carbons (Fsp3) is 0.852. The van der Waals surface area contributed by atoms with Crippen LogP contribution >= 0.6 is 0 Å². The molecule has 0 aromatic heterocycles. The minimum atomic E-state index is -0.771. The van der Waals surface area contributed by atoms with Crippen molar-refractivity contribution >= 4 is 17.9 Å². The number of hydrogen-bond acceptors (Lipinski definition) is 6. The van der Waals surface area contributed by atoms with Crippen molar-refractivity contribution < 1.29 is 28.6 Å². The number of unbranched alkanes of at least 4 members (excludes halogenated alkanes) is 37. The highest BCUT2D eigenvalue weighted by molar-refractivity contribution is 5.71. The van der Waals surface area contributed by atoms with Crippen LogP contribution in [-0.4, -0.2) is 37.2 Å². The molecule has 0 amide bonds. The first-order valence-corrected chi connectivity index (χ1v) is 29.5. The topological polar surface area (TPSA) is 78.9 Å². The van der Waals surface area contributed by atoms with E-state index < -0.39 is 6.10 Å². The molecule has 0 N–H and O–H groups in total. The Hall–Kier alpha value is -2.37. The molecule has 0 heterocycles. The molecule has 0 radical (unpaired) electrons. The van der Waals surface area contributed by atoms with Crippen molar-refractivity contribution in [3.05, 3.63) is 36.5 Å². The number of carbonyl (C=O) groups excluding carboxylic acids is 3. The lowest BCUT2D eigenvalue weighted by molar-refractivity contribution is -0.167. The highest BCUT2D eigenvalue weighted by atomic mass is 16.6. The molecule has 6 heteroatoms.